The van der Waals surface area contributed by atoms with Crippen molar-refractivity contribution >= 4 is 0 Å². The van der Waals surface area contributed by atoms with E-state index in [1.165, 1.54) is 0 Å². The minimum atomic E-state index is 0.150. The molecule has 0 aromatic heterocycles. The van der Waals surface area contributed by atoms with Crippen LogP contribution >= 0.6 is 0 Å². The molecule has 2 N–H and O–H groups in total. The third-order valence-corrected chi connectivity index (χ3v) is 1.38. The molecule has 0 bridgehead atoms. The maximum atomic E-state index is 5.51. The molecule has 0 aliphatic heterocycles. The third kappa shape index (κ3) is 6.19. The van der Waals surface area contributed by atoms with Crippen LogP contribution in [0.1, 0.15) is 6.92 Å². The second-order valence-corrected chi connectivity index (χ2v) is 2.33. The molecular weight excluding hydrogens is 170 g/mol. The number of allylic oxidation sites excluding steroid dienone is 1. The molecule has 0 radical (unpaired) electrons. The summed E-state index contributed by atoms with van der Waals surface area (Å²) in [5.74, 6) is 0.430. The summed E-state index contributed by atoms with van der Waals surface area (Å²) in [5.41, 5.74) is 6.04. The summed E-state index contributed by atoms with van der Waals surface area (Å²) in [6, 6.07) is 0. The first-order valence-electron chi connectivity index (χ1n) is 4.03. The smallest absolute Gasteiger partial charge is 0.189 e. The number of hydrogen-bond acceptors (Lipinski definition) is 4. The lowest BCUT2D eigenvalue weighted by Crippen LogP contribution is -2.08. The summed E-state index contributed by atoms with van der Waals surface area (Å²) < 4.78 is 14.9. The van der Waals surface area contributed by atoms with Crippen molar-refractivity contribution in [1.82, 2.24) is 0 Å². The Balaban J connectivity index is 3.38. The number of nitrogens with two attached hydrogens (primary N) is 1. The summed E-state index contributed by atoms with van der Waals surface area (Å²) in [6.07, 6.45) is 1.72. The molecule has 0 atom stereocenters. The molecule has 0 aliphatic rings. The Morgan fingerprint density at radius 1 is 1.46 bits per heavy atom. The van der Waals surface area contributed by atoms with E-state index in [2.05, 4.69) is 6.58 Å². The summed E-state index contributed by atoms with van der Waals surface area (Å²) >= 11 is 0. The molecule has 0 aliphatic carbocycles. The van der Waals surface area contributed by atoms with E-state index in [-0.39, 0.29) is 6.79 Å². The molecule has 0 heterocycles. The largest absolute Gasteiger partial charge is 0.466 e. The first kappa shape index (κ1) is 12.0. The SMILES string of the molecule is C=C(OCOCCOC)/C(N)=C\C. The van der Waals surface area contributed by atoms with Crippen molar-refractivity contribution < 1.29 is 14.2 Å². The molecule has 0 aromatic rings. The third-order valence-electron chi connectivity index (χ3n) is 1.38. The van der Waals surface area contributed by atoms with E-state index in [4.69, 9.17) is 19.9 Å². The van der Waals surface area contributed by atoms with E-state index >= 15 is 0 Å². The number of hydrogen-bond donors (Lipinski definition) is 1. The van der Waals surface area contributed by atoms with Gasteiger partial charge in [-0.1, -0.05) is 12.7 Å². The standard InChI is InChI=1S/C9H17NO3/c1-4-9(10)8(2)13-7-12-6-5-11-3/h4H,2,5-7,10H2,1,3H3/b9-4+. The molecular formula is C9H17NO3. The van der Waals surface area contributed by atoms with Crippen molar-refractivity contribution in [3.8, 4) is 0 Å². The van der Waals surface area contributed by atoms with Crippen molar-refractivity contribution in [2.45, 2.75) is 6.92 Å². The Morgan fingerprint density at radius 2 is 2.15 bits per heavy atom. The second-order valence-electron chi connectivity index (χ2n) is 2.33. The Kier molecular flexibility index (Phi) is 7.05. The molecule has 4 heteroatoms. The van der Waals surface area contributed by atoms with Crippen LogP contribution in [-0.4, -0.2) is 27.1 Å². The molecule has 76 valence electrons. The molecule has 0 fully saturated rings. The van der Waals surface area contributed by atoms with Crippen molar-refractivity contribution in [3.05, 3.63) is 24.1 Å². The molecule has 0 aromatic carbocycles. The van der Waals surface area contributed by atoms with Crippen LogP contribution < -0.4 is 5.73 Å². The highest BCUT2D eigenvalue weighted by Gasteiger charge is 1.96. The molecule has 0 amide bonds. The van der Waals surface area contributed by atoms with Crippen LogP contribution in [0.5, 0.6) is 0 Å². The van der Waals surface area contributed by atoms with Gasteiger partial charge in [-0.25, -0.2) is 0 Å². The quantitative estimate of drug-likeness (QED) is 0.279. The zero-order chi connectivity index (χ0) is 10.1. The molecule has 0 unspecified atom stereocenters. The van der Waals surface area contributed by atoms with Gasteiger partial charge in [-0.15, -0.1) is 0 Å². The predicted octanol–water partition coefficient (Wildman–Crippen LogP) is 1.000. The topological polar surface area (TPSA) is 53.7 Å². The van der Waals surface area contributed by atoms with E-state index in [1.54, 1.807) is 13.2 Å². The van der Waals surface area contributed by atoms with Gasteiger partial charge < -0.3 is 19.9 Å². The van der Waals surface area contributed by atoms with E-state index < -0.39 is 0 Å². The molecule has 0 rings (SSSR count). The van der Waals surface area contributed by atoms with Crippen LogP contribution in [0.15, 0.2) is 24.1 Å². The van der Waals surface area contributed by atoms with Gasteiger partial charge in [0.15, 0.2) is 6.79 Å². The molecule has 4 nitrogen and oxygen atoms in total. The average molecular weight is 187 g/mol. The average Bonchev–Trinajstić information content (AvgIpc) is 2.16. The normalized spacial score (nSPS) is 11.4. The minimum Gasteiger partial charge on any atom is -0.466 e. The summed E-state index contributed by atoms with van der Waals surface area (Å²) in [6.45, 7) is 6.63. The lowest BCUT2D eigenvalue weighted by molar-refractivity contribution is -0.0372. The summed E-state index contributed by atoms with van der Waals surface area (Å²) in [5, 5.41) is 0. The van der Waals surface area contributed by atoms with Crippen molar-refractivity contribution in [2.24, 2.45) is 5.73 Å². The highest BCUT2D eigenvalue weighted by Crippen LogP contribution is 2.01. The van der Waals surface area contributed by atoms with E-state index in [1.807, 2.05) is 6.92 Å². The fraction of sp³-hybridized carbons (Fsp3) is 0.556. The highest BCUT2D eigenvalue weighted by molar-refractivity contribution is 5.17. The van der Waals surface area contributed by atoms with Crippen molar-refractivity contribution in [2.75, 3.05) is 27.1 Å². The second kappa shape index (κ2) is 7.64. The molecule has 0 spiro atoms. The Morgan fingerprint density at radius 3 is 2.69 bits per heavy atom. The van der Waals surface area contributed by atoms with Gasteiger partial charge in [-0.05, 0) is 6.92 Å². The maximum absolute atomic E-state index is 5.51. The fourth-order valence-corrected chi connectivity index (χ4v) is 0.558. The van der Waals surface area contributed by atoms with E-state index in [0.717, 1.165) is 0 Å². The van der Waals surface area contributed by atoms with Crippen LogP contribution in [-0.2, 0) is 14.2 Å². The molecule has 0 saturated heterocycles. The van der Waals surface area contributed by atoms with Gasteiger partial charge >= 0.3 is 0 Å². The predicted molar refractivity (Wildman–Crippen MR) is 50.9 cm³/mol. The van der Waals surface area contributed by atoms with Gasteiger partial charge in [0, 0.05) is 7.11 Å². The van der Waals surface area contributed by atoms with Crippen molar-refractivity contribution in [3.63, 3.8) is 0 Å². The zero-order valence-corrected chi connectivity index (χ0v) is 8.21. The summed E-state index contributed by atoms with van der Waals surface area (Å²) in [7, 11) is 1.61. The van der Waals surface area contributed by atoms with Gasteiger partial charge in [0.1, 0.15) is 5.76 Å². The van der Waals surface area contributed by atoms with Gasteiger partial charge in [-0.2, -0.15) is 0 Å². The van der Waals surface area contributed by atoms with Crippen LogP contribution in [0.4, 0.5) is 0 Å². The van der Waals surface area contributed by atoms with Gasteiger partial charge in [0.05, 0.1) is 18.9 Å². The van der Waals surface area contributed by atoms with Crippen molar-refractivity contribution in [1.29, 1.82) is 0 Å². The Bertz CT molecular complexity index is 178. The molecule has 0 saturated carbocycles. The number of ether oxygens (including phenoxy) is 3. The number of methoxy groups -OCH3 is 1. The van der Waals surface area contributed by atoms with Gasteiger partial charge in [0.25, 0.3) is 0 Å². The Labute approximate surface area is 79.0 Å². The summed E-state index contributed by atoms with van der Waals surface area (Å²) in [4.78, 5) is 0. The van der Waals surface area contributed by atoms with Crippen LogP contribution in [0.3, 0.4) is 0 Å². The monoisotopic (exact) mass is 187 g/mol. The van der Waals surface area contributed by atoms with E-state index in [9.17, 15) is 0 Å². The van der Waals surface area contributed by atoms with Crippen LogP contribution in [0, 0.1) is 0 Å². The van der Waals surface area contributed by atoms with Crippen LogP contribution in [0.2, 0.25) is 0 Å². The fourth-order valence-electron chi connectivity index (χ4n) is 0.558. The van der Waals surface area contributed by atoms with Gasteiger partial charge in [0.2, 0.25) is 0 Å². The van der Waals surface area contributed by atoms with Crippen LogP contribution in [0.25, 0.3) is 0 Å². The first-order chi connectivity index (χ1) is 6.22. The van der Waals surface area contributed by atoms with E-state index in [0.29, 0.717) is 24.7 Å². The highest BCUT2D eigenvalue weighted by atomic mass is 16.7. The van der Waals surface area contributed by atoms with Gasteiger partial charge in [-0.3, -0.25) is 0 Å². The first-order valence-corrected chi connectivity index (χ1v) is 4.03. The number of rotatable bonds is 7. The Hall–Kier alpha value is -1.00. The lowest BCUT2D eigenvalue weighted by Gasteiger charge is -2.08. The lowest BCUT2D eigenvalue weighted by atomic mass is 10.4. The molecule has 13 heavy (non-hydrogen) atoms. The maximum Gasteiger partial charge on any atom is 0.189 e. The minimum absolute atomic E-state index is 0.150. The zero-order valence-electron chi connectivity index (χ0n) is 8.21.